The van der Waals surface area contributed by atoms with E-state index >= 15 is 0 Å². The highest BCUT2D eigenvalue weighted by Crippen LogP contribution is 2.27. The Kier molecular flexibility index (Phi) is 6.35. The topological polar surface area (TPSA) is 29.1 Å². The van der Waals surface area contributed by atoms with Crippen molar-refractivity contribution in [3.63, 3.8) is 0 Å². The van der Waals surface area contributed by atoms with Gasteiger partial charge in [-0.05, 0) is 72.6 Å². The van der Waals surface area contributed by atoms with Crippen LogP contribution >= 0.6 is 11.6 Å². The van der Waals surface area contributed by atoms with E-state index < -0.39 is 0 Å². The third-order valence-electron chi connectivity index (χ3n) is 5.75. The number of benzene rings is 3. The highest BCUT2D eigenvalue weighted by molar-refractivity contribution is 6.33. The largest absolute Gasteiger partial charge is 0.345 e. The summed E-state index contributed by atoms with van der Waals surface area (Å²) in [5.74, 6) is -0.105. The van der Waals surface area contributed by atoms with Gasteiger partial charge in [-0.15, -0.1) is 0 Å². The van der Waals surface area contributed by atoms with E-state index in [-0.39, 0.29) is 11.9 Å². The van der Waals surface area contributed by atoms with E-state index in [9.17, 15) is 4.79 Å². The second kappa shape index (κ2) is 9.32. The van der Waals surface area contributed by atoms with Crippen molar-refractivity contribution in [3.8, 4) is 0 Å². The molecule has 2 nitrogen and oxygen atoms in total. The van der Waals surface area contributed by atoms with E-state index in [1.807, 2.05) is 67.6 Å². The van der Waals surface area contributed by atoms with E-state index in [0.717, 1.165) is 29.5 Å². The number of amides is 1. The van der Waals surface area contributed by atoms with Gasteiger partial charge in [-0.25, -0.2) is 0 Å². The zero-order valence-corrected chi connectivity index (χ0v) is 18.0. The predicted octanol–water partition coefficient (Wildman–Crippen LogP) is 6.64. The first-order chi connectivity index (χ1) is 14.6. The molecule has 152 valence electrons. The molecular weight excluding hydrogens is 390 g/mol. The van der Waals surface area contributed by atoms with Crippen LogP contribution < -0.4 is 5.32 Å². The van der Waals surface area contributed by atoms with Crippen LogP contribution in [0.3, 0.4) is 0 Å². The minimum absolute atomic E-state index is 0.0805. The van der Waals surface area contributed by atoms with Crippen LogP contribution in [-0.2, 0) is 17.6 Å². The van der Waals surface area contributed by atoms with Crippen molar-refractivity contribution in [2.24, 2.45) is 0 Å². The lowest BCUT2D eigenvalue weighted by atomic mass is 9.89. The summed E-state index contributed by atoms with van der Waals surface area (Å²) < 4.78 is 0. The zero-order chi connectivity index (χ0) is 20.9. The second-order valence-electron chi connectivity index (χ2n) is 7.88. The van der Waals surface area contributed by atoms with Gasteiger partial charge in [0.2, 0.25) is 0 Å². The van der Waals surface area contributed by atoms with E-state index in [1.165, 1.54) is 24.0 Å². The Balaban J connectivity index is 1.61. The number of hydrogen-bond acceptors (Lipinski definition) is 1. The van der Waals surface area contributed by atoms with Gasteiger partial charge in [0.25, 0.3) is 5.91 Å². The third kappa shape index (κ3) is 4.66. The molecule has 1 N–H and O–H groups in total. The SMILES string of the molecule is C[C@@H](NC(=O)/C(=C/c1ccccc1Cl)c1ccccc1)c1ccc2c(c1)CCCC2. The maximum atomic E-state index is 13.3. The fraction of sp³-hybridized carbons (Fsp3) is 0.222. The molecular formula is C27H26ClNO. The number of carbonyl (C=O) groups excluding carboxylic acids is 1. The van der Waals surface area contributed by atoms with Gasteiger partial charge in [-0.3, -0.25) is 4.79 Å². The molecule has 0 fully saturated rings. The monoisotopic (exact) mass is 415 g/mol. The van der Waals surface area contributed by atoms with Crippen LogP contribution in [0.5, 0.6) is 0 Å². The van der Waals surface area contributed by atoms with Gasteiger partial charge in [0.15, 0.2) is 0 Å². The lowest BCUT2D eigenvalue weighted by Gasteiger charge is -2.20. The summed E-state index contributed by atoms with van der Waals surface area (Å²) >= 11 is 6.35. The smallest absolute Gasteiger partial charge is 0.252 e. The van der Waals surface area contributed by atoms with Crippen LogP contribution in [0.15, 0.2) is 72.8 Å². The molecule has 1 amide bonds. The summed E-state index contributed by atoms with van der Waals surface area (Å²) in [5, 5.41) is 3.82. The molecule has 1 aliphatic rings. The number of rotatable bonds is 5. The Labute approximate surface area is 183 Å². The first kappa shape index (κ1) is 20.4. The molecule has 0 saturated carbocycles. The molecule has 1 aliphatic carbocycles. The predicted molar refractivity (Wildman–Crippen MR) is 125 cm³/mol. The molecule has 0 bridgehead atoms. The molecule has 3 aromatic carbocycles. The van der Waals surface area contributed by atoms with Gasteiger partial charge in [0.05, 0.1) is 6.04 Å². The molecule has 3 aromatic rings. The van der Waals surface area contributed by atoms with Crippen molar-refractivity contribution in [1.82, 2.24) is 5.32 Å². The van der Waals surface area contributed by atoms with Crippen molar-refractivity contribution in [3.05, 3.63) is 106 Å². The van der Waals surface area contributed by atoms with E-state index in [4.69, 9.17) is 11.6 Å². The summed E-state index contributed by atoms with van der Waals surface area (Å²) in [6.45, 7) is 2.04. The standard InChI is InChI=1S/C27H26ClNO/c1-19(22-16-15-20-9-5-6-12-23(20)17-22)29-27(30)25(21-10-3-2-4-11-21)18-24-13-7-8-14-26(24)28/h2-4,7-8,10-11,13-19H,5-6,9,12H2,1H3,(H,29,30)/b25-18+/t19-/m1/s1. The highest BCUT2D eigenvalue weighted by atomic mass is 35.5. The Morgan fingerprint density at radius 3 is 2.40 bits per heavy atom. The van der Waals surface area contributed by atoms with Gasteiger partial charge >= 0.3 is 0 Å². The van der Waals surface area contributed by atoms with Crippen LogP contribution in [0.25, 0.3) is 11.6 Å². The van der Waals surface area contributed by atoms with Crippen LogP contribution in [0.4, 0.5) is 0 Å². The van der Waals surface area contributed by atoms with Crippen molar-refractivity contribution in [1.29, 1.82) is 0 Å². The van der Waals surface area contributed by atoms with Gasteiger partial charge in [-0.2, -0.15) is 0 Å². The van der Waals surface area contributed by atoms with Crippen molar-refractivity contribution < 1.29 is 4.79 Å². The van der Waals surface area contributed by atoms with Gasteiger partial charge in [0, 0.05) is 10.6 Å². The zero-order valence-electron chi connectivity index (χ0n) is 17.2. The molecule has 1 atom stereocenters. The van der Waals surface area contributed by atoms with Crippen molar-refractivity contribution in [2.45, 2.75) is 38.6 Å². The van der Waals surface area contributed by atoms with Crippen LogP contribution in [0, 0.1) is 0 Å². The average Bonchev–Trinajstić information content (AvgIpc) is 2.78. The number of carbonyl (C=O) groups is 1. The average molecular weight is 416 g/mol. The van der Waals surface area contributed by atoms with Crippen LogP contribution in [0.2, 0.25) is 5.02 Å². The van der Waals surface area contributed by atoms with Gasteiger partial charge in [-0.1, -0.05) is 78.3 Å². The van der Waals surface area contributed by atoms with E-state index in [0.29, 0.717) is 10.6 Å². The maximum absolute atomic E-state index is 13.3. The molecule has 4 rings (SSSR count). The normalized spacial score (nSPS) is 14.7. The summed E-state index contributed by atoms with van der Waals surface area (Å²) in [5.41, 5.74) is 6.33. The van der Waals surface area contributed by atoms with Crippen molar-refractivity contribution >= 4 is 29.2 Å². The Morgan fingerprint density at radius 1 is 0.933 bits per heavy atom. The lowest BCUT2D eigenvalue weighted by molar-refractivity contribution is -0.116. The first-order valence-electron chi connectivity index (χ1n) is 10.6. The highest BCUT2D eigenvalue weighted by Gasteiger charge is 2.18. The number of halogens is 1. The Hall–Kier alpha value is -2.84. The molecule has 0 aromatic heterocycles. The van der Waals surface area contributed by atoms with Crippen LogP contribution in [-0.4, -0.2) is 5.91 Å². The molecule has 0 aliphatic heterocycles. The lowest BCUT2D eigenvalue weighted by Crippen LogP contribution is -2.27. The number of hydrogen-bond donors (Lipinski definition) is 1. The number of nitrogens with one attached hydrogen (secondary N) is 1. The second-order valence-corrected chi connectivity index (χ2v) is 8.28. The summed E-state index contributed by atoms with van der Waals surface area (Å²) in [6.07, 6.45) is 6.68. The molecule has 0 saturated heterocycles. The maximum Gasteiger partial charge on any atom is 0.252 e. The molecule has 30 heavy (non-hydrogen) atoms. The summed E-state index contributed by atoms with van der Waals surface area (Å²) in [6, 6.07) is 23.9. The minimum atomic E-state index is -0.105. The molecule has 0 radical (unpaired) electrons. The first-order valence-corrected chi connectivity index (χ1v) is 10.9. The number of aryl methyl sites for hydroxylation is 2. The fourth-order valence-corrected chi connectivity index (χ4v) is 4.22. The van der Waals surface area contributed by atoms with E-state index in [1.54, 1.807) is 0 Å². The summed E-state index contributed by atoms with van der Waals surface area (Å²) in [4.78, 5) is 13.3. The quantitative estimate of drug-likeness (QED) is 0.367. The fourth-order valence-electron chi connectivity index (χ4n) is 4.03. The molecule has 0 spiro atoms. The summed E-state index contributed by atoms with van der Waals surface area (Å²) in [7, 11) is 0. The van der Waals surface area contributed by atoms with Crippen molar-refractivity contribution in [2.75, 3.05) is 0 Å². The van der Waals surface area contributed by atoms with Gasteiger partial charge < -0.3 is 5.32 Å². The number of fused-ring (bicyclic) bond motifs is 1. The third-order valence-corrected chi connectivity index (χ3v) is 6.10. The molecule has 0 unspecified atom stereocenters. The molecule has 3 heteroatoms. The Morgan fingerprint density at radius 2 is 1.63 bits per heavy atom. The minimum Gasteiger partial charge on any atom is -0.345 e. The Bertz CT molecular complexity index is 1070. The van der Waals surface area contributed by atoms with E-state index in [2.05, 4.69) is 23.5 Å². The van der Waals surface area contributed by atoms with Gasteiger partial charge in [0.1, 0.15) is 0 Å². The van der Waals surface area contributed by atoms with Crippen LogP contribution in [0.1, 0.15) is 53.6 Å². The molecule has 0 heterocycles.